The number of imidazole rings is 1. The van der Waals surface area contributed by atoms with Crippen molar-refractivity contribution < 1.29 is 20.1 Å². The second kappa shape index (κ2) is 5.36. The van der Waals surface area contributed by atoms with Crippen LogP contribution in [0.5, 0.6) is 0 Å². The highest BCUT2D eigenvalue weighted by Gasteiger charge is 2.44. The van der Waals surface area contributed by atoms with Crippen LogP contribution >= 0.6 is 11.9 Å². The van der Waals surface area contributed by atoms with Crippen molar-refractivity contribution in [1.29, 1.82) is 0 Å². The SMILES string of the molecule is NSc1nc(N)nc2c1ncn2[C@@H]1O[C@H](CO)[C@@H](O)[C@@H]1O. The molecule has 0 spiro atoms. The van der Waals surface area contributed by atoms with Crippen LogP contribution in [0.2, 0.25) is 0 Å². The van der Waals surface area contributed by atoms with Crippen molar-refractivity contribution in [2.75, 3.05) is 12.3 Å². The van der Waals surface area contributed by atoms with Gasteiger partial charge in [-0.1, -0.05) is 0 Å². The van der Waals surface area contributed by atoms with E-state index in [-0.39, 0.29) is 5.95 Å². The molecule has 10 nitrogen and oxygen atoms in total. The van der Waals surface area contributed by atoms with Crippen molar-refractivity contribution in [3.63, 3.8) is 0 Å². The number of aliphatic hydroxyl groups excluding tert-OH is 3. The van der Waals surface area contributed by atoms with Crippen molar-refractivity contribution in [1.82, 2.24) is 19.5 Å². The summed E-state index contributed by atoms with van der Waals surface area (Å²) in [7, 11) is 0. The summed E-state index contributed by atoms with van der Waals surface area (Å²) < 4.78 is 6.86. The van der Waals surface area contributed by atoms with E-state index in [2.05, 4.69) is 15.0 Å². The Labute approximate surface area is 122 Å². The number of ether oxygens (including phenoxy) is 1. The molecule has 0 radical (unpaired) electrons. The third kappa shape index (κ3) is 2.23. The maximum atomic E-state index is 10.0. The van der Waals surface area contributed by atoms with Crippen LogP contribution in [0, 0.1) is 0 Å². The van der Waals surface area contributed by atoms with Gasteiger partial charge >= 0.3 is 0 Å². The fourth-order valence-corrected chi connectivity index (χ4v) is 2.69. The predicted octanol–water partition coefficient (Wildman–Crippen LogP) is -2.01. The average molecular weight is 314 g/mol. The van der Waals surface area contributed by atoms with Gasteiger partial charge in [-0.2, -0.15) is 4.98 Å². The average Bonchev–Trinajstić information content (AvgIpc) is 3.01. The lowest BCUT2D eigenvalue weighted by Gasteiger charge is -2.16. The lowest BCUT2D eigenvalue weighted by molar-refractivity contribution is -0.0511. The van der Waals surface area contributed by atoms with Crippen LogP contribution < -0.4 is 10.9 Å². The predicted molar refractivity (Wildman–Crippen MR) is 72.8 cm³/mol. The van der Waals surface area contributed by atoms with Gasteiger partial charge in [0.1, 0.15) is 28.9 Å². The van der Waals surface area contributed by atoms with Gasteiger partial charge < -0.3 is 25.8 Å². The van der Waals surface area contributed by atoms with Gasteiger partial charge in [-0.15, -0.1) is 0 Å². The van der Waals surface area contributed by atoms with E-state index in [1.807, 2.05) is 0 Å². The third-order valence-corrected chi connectivity index (χ3v) is 3.82. The Bertz CT molecular complexity index is 666. The standard InChI is InChI=1S/C10H14N6O4S/c11-10-14-7-4(8(15-10)21-12)13-2-16(7)9-6(19)5(18)3(1-17)20-9/h2-3,5-6,9,17-19H,1,12H2,(H2,11,14,15)/t3-,5-,6+,9-/m1/s1. The molecule has 3 rings (SSSR count). The second-order valence-electron chi connectivity index (χ2n) is 4.56. The molecule has 0 amide bonds. The summed E-state index contributed by atoms with van der Waals surface area (Å²) >= 11 is 0.875. The molecule has 0 aromatic carbocycles. The number of aliphatic hydroxyl groups is 3. The fraction of sp³-hybridized carbons (Fsp3) is 0.500. The first kappa shape index (κ1) is 14.4. The van der Waals surface area contributed by atoms with Gasteiger partial charge in [-0.25, -0.2) is 9.97 Å². The molecule has 7 N–H and O–H groups in total. The fourth-order valence-electron chi connectivity index (χ4n) is 2.28. The van der Waals surface area contributed by atoms with Crippen LogP contribution in [-0.4, -0.2) is 59.8 Å². The van der Waals surface area contributed by atoms with Gasteiger partial charge in [-0.05, 0) is 11.9 Å². The third-order valence-electron chi connectivity index (χ3n) is 3.31. The summed E-state index contributed by atoms with van der Waals surface area (Å²) in [4.78, 5) is 12.2. The highest BCUT2D eigenvalue weighted by molar-refractivity contribution is 7.97. The Morgan fingerprint density at radius 2 is 2.10 bits per heavy atom. The zero-order valence-electron chi connectivity index (χ0n) is 10.7. The van der Waals surface area contributed by atoms with E-state index in [0.717, 1.165) is 11.9 Å². The van der Waals surface area contributed by atoms with Crippen LogP contribution in [0.3, 0.4) is 0 Å². The topological polar surface area (TPSA) is 166 Å². The highest BCUT2D eigenvalue weighted by Crippen LogP contribution is 2.32. The van der Waals surface area contributed by atoms with E-state index in [4.69, 9.17) is 20.7 Å². The number of hydrogen-bond donors (Lipinski definition) is 5. The molecule has 114 valence electrons. The minimum Gasteiger partial charge on any atom is -0.394 e. The molecule has 0 bridgehead atoms. The van der Waals surface area contributed by atoms with Gasteiger partial charge in [0, 0.05) is 0 Å². The van der Waals surface area contributed by atoms with E-state index in [9.17, 15) is 10.2 Å². The van der Waals surface area contributed by atoms with E-state index in [1.54, 1.807) is 0 Å². The molecule has 0 aliphatic carbocycles. The van der Waals surface area contributed by atoms with Gasteiger partial charge in [-0.3, -0.25) is 9.71 Å². The maximum absolute atomic E-state index is 10.0. The second-order valence-corrected chi connectivity index (χ2v) is 5.18. The van der Waals surface area contributed by atoms with Crippen LogP contribution in [0.15, 0.2) is 11.4 Å². The molecular weight excluding hydrogens is 300 g/mol. The Hall–Kier alpha value is -1.50. The molecule has 1 fully saturated rings. The lowest BCUT2D eigenvalue weighted by atomic mass is 10.1. The maximum Gasteiger partial charge on any atom is 0.223 e. The number of nitrogens with two attached hydrogens (primary N) is 2. The summed E-state index contributed by atoms with van der Waals surface area (Å²) in [5, 5.41) is 34.9. The molecule has 0 unspecified atom stereocenters. The van der Waals surface area contributed by atoms with Crippen molar-refractivity contribution >= 4 is 29.1 Å². The van der Waals surface area contributed by atoms with Crippen LogP contribution in [0.25, 0.3) is 11.2 Å². The summed E-state index contributed by atoms with van der Waals surface area (Å²) in [6.45, 7) is -0.414. The summed E-state index contributed by atoms with van der Waals surface area (Å²) in [5.41, 5.74) is 6.35. The highest BCUT2D eigenvalue weighted by atomic mass is 32.2. The number of nitrogen functional groups attached to an aromatic ring is 1. The molecule has 11 heteroatoms. The first-order valence-electron chi connectivity index (χ1n) is 6.06. The molecule has 2 aromatic rings. The number of rotatable bonds is 3. The van der Waals surface area contributed by atoms with E-state index >= 15 is 0 Å². The van der Waals surface area contributed by atoms with Crippen LogP contribution in [0.1, 0.15) is 6.23 Å². The minimum absolute atomic E-state index is 0.00365. The van der Waals surface area contributed by atoms with Crippen molar-refractivity contribution in [2.24, 2.45) is 5.14 Å². The van der Waals surface area contributed by atoms with Gasteiger partial charge in [0.25, 0.3) is 0 Å². The summed E-state index contributed by atoms with van der Waals surface area (Å²) in [6, 6.07) is 0. The molecule has 1 saturated heterocycles. The summed E-state index contributed by atoms with van der Waals surface area (Å²) in [5.74, 6) is 0.00365. The van der Waals surface area contributed by atoms with E-state index in [0.29, 0.717) is 16.2 Å². The number of hydrogen-bond acceptors (Lipinski definition) is 10. The minimum atomic E-state index is -1.23. The molecule has 2 aromatic heterocycles. The largest absolute Gasteiger partial charge is 0.394 e. The monoisotopic (exact) mass is 314 g/mol. The number of fused-ring (bicyclic) bond motifs is 1. The van der Waals surface area contributed by atoms with Gasteiger partial charge in [0.2, 0.25) is 5.95 Å². The number of aromatic nitrogens is 4. The lowest BCUT2D eigenvalue weighted by Crippen LogP contribution is -2.33. The van der Waals surface area contributed by atoms with Gasteiger partial charge in [0.05, 0.1) is 12.9 Å². The van der Waals surface area contributed by atoms with Crippen molar-refractivity contribution in [3.05, 3.63) is 6.33 Å². The Morgan fingerprint density at radius 3 is 2.71 bits per heavy atom. The Kier molecular flexibility index (Phi) is 3.69. The molecule has 3 heterocycles. The number of anilines is 1. The number of nitrogens with zero attached hydrogens (tertiary/aromatic N) is 4. The first-order valence-corrected chi connectivity index (χ1v) is 6.94. The zero-order chi connectivity index (χ0) is 15.1. The van der Waals surface area contributed by atoms with Crippen LogP contribution in [0.4, 0.5) is 5.95 Å². The molecule has 1 aliphatic heterocycles. The summed E-state index contributed by atoms with van der Waals surface area (Å²) in [6.07, 6.45) is -2.87. The normalized spacial score (nSPS) is 29.3. The molecule has 21 heavy (non-hydrogen) atoms. The van der Waals surface area contributed by atoms with Gasteiger partial charge in [0.15, 0.2) is 11.9 Å². The smallest absolute Gasteiger partial charge is 0.223 e. The van der Waals surface area contributed by atoms with Crippen molar-refractivity contribution in [3.8, 4) is 0 Å². The molecule has 1 aliphatic rings. The zero-order valence-corrected chi connectivity index (χ0v) is 11.5. The van der Waals surface area contributed by atoms with Crippen LogP contribution in [-0.2, 0) is 4.74 Å². The Morgan fingerprint density at radius 1 is 1.33 bits per heavy atom. The Balaban J connectivity index is 2.07. The van der Waals surface area contributed by atoms with Crippen molar-refractivity contribution in [2.45, 2.75) is 29.6 Å². The van der Waals surface area contributed by atoms with E-state index in [1.165, 1.54) is 10.9 Å². The van der Waals surface area contributed by atoms with E-state index < -0.39 is 31.1 Å². The molecule has 4 atom stereocenters. The molecule has 0 saturated carbocycles. The molecular formula is C10H14N6O4S. The first-order chi connectivity index (χ1) is 10.1. The quantitative estimate of drug-likeness (QED) is 0.315.